The minimum absolute atomic E-state index is 0.0183. The standard InChI is InChI=1S/C20H30FNO4/c1-3-4-5-10-25-19-14(2)26-20(23)18(22)13-24-12-16(19)11-15-6-8-17(21)9-7-15/h6-9,14,16,18-19H,3-5,10-13,22H2,1-2H3/t14-,16-,18-,19-/m0/s1. The summed E-state index contributed by atoms with van der Waals surface area (Å²) < 4.78 is 30.5. The molecule has 0 aliphatic carbocycles. The van der Waals surface area contributed by atoms with Gasteiger partial charge in [-0.3, -0.25) is 4.79 Å². The maximum absolute atomic E-state index is 13.2. The highest BCUT2D eigenvalue weighted by Gasteiger charge is 2.33. The predicted octanol–water partition coefficient (Wildman–Crippen LogP) is 2.85. The highest BCUT2D eigenvalue weighted by atomic mass is 19.1. The predicted molar refractivity (Wildman–Crippen MR) is 97.2 cm³/mol. The van der Waals surface area contributed by atoms with Crippen LogP contribution in [0, 0.1) is 11.7 Å². The normalized spacial score (nSPS) is 27.3. The first-order valence-corrected chi connectivity index (χ1v) is 9.41. The largest absolute Gasteiger partial charge is 0.459 e. The molecule has 0 aromatic heterocycles. The van der Waals surface area contributed by atoms with Crippen LogP contribution in [0.1, 0.15) is 38.7 Å². The molecule has 2 rings (SSSR count). The maximum atomic E-state index is 13.2. The molecule has 1 saturated heterocycles. The Labute approximate surface area is 155 Å². The van der Waals surface area contributed by atoms with Gasteiger partial charge in [0.2, 0.25) is 0 Å². The van der Waals surface area contributed by atoms with Crippen LogP contribution >= 0.6 is 0 Å². The summed E-state index contributed by atoms with van der Waals surface area (Å²) in [6.45, 7) is 5.10. The Morgan fingerprint density at radius 1 is 1.23 bits per heavy atom. The van der Waals surface area contributed by atoms with Gasteiger partial charge in [-0.1, -0.05) is 31.9 Å². The van der Waals surface area contributed by atoms with E-state index < -0.39 is 18.1 Å². The third-order valence-electron chi connectivity index (χ3n) is 4.63. The van der Waals surface area contributed by atoms with Crippen molar-refractivity contribution in [2.75, 3.05) is 19.8 Å². The Hall–Kier alpha value is -1.50. The van der Waals surface area contributed by atoms with Gasteiger partial charge in [-0.25, -0.2) is 4.39 Å². The molecular formula is C20H30FNO4. The van der Waals surface area contributed by atoms with E-state index in [1.165, 1.54) is 12.1 Å². The fourth-order valence-electron chi connectivity index (χ4n) is 3.17. The molecule has 0 amide bonds. The summed E-state index contributed by atoms with van der Waals surface area (Å²) in [5.74, 6) is -0.752. The molecule has 0 radical (unpaired) electrons. The van der Waals surface area contributed by atoms with Crippen molar-refractivity contribution in [3.8, 4) is 0 Å². The summed E-state index contributed by atoms with van der Waals surface area (Å²) in [5.41, 5.74) is 6.79. The molecular weight excluding hydrogens is 337 g/mol. The van der Waals surface area contributed by atoms with Crippen LogP contribution in [0.2, 0.25) is 0 Å². The van der Waals surface area contributed by atoms with Crippen LogP contribution < -0.4 is 5.73 Å². The molecule has 4 atom stereocenters. The molecule has 6 heteroatoms. The minimum Gasteiger partial charge on any atom is -0.459 e. The van der Waals surface area contributed by atoms with E-state index in [4.69, 9.17) is 19.9 Å². The second-order valence-corrected chi connectivity index (χ2v) is 6.92. The van der Waals surface area contributed by atoms with Gasteiger partial charge in [-0.15, -0.1) is 0 Å². The lowest BCUT2D eigenvalue weighted by Crippen LogP contribution is -2.42. The maximum Gasteiger partial charge on any atom is 0.325 e. The van der Waals surface area contributed by atoms with E-state index >= 15 is 0 Å². The van der Waals surface area contributed by atoms with Crippen LogP contribution in [0.4, 0.5) is 4.39 Å². The first-order chi connectivity index (χ1) is 12.5. The Bertz CT molecular complexity index is 551. The first kappa shape index (κ1) is 20.8. The van der Waals surface area contributed by atoms with E-state index in [1.54, 1.807) is 12.1 Å². The zero-order chi connectivity index (χ0) is 18.9. The molecule has 1 aromatic carbocycles. The van der Waals surface area contributed by atoms with Crippen LogP contribution in [0.3, 0.4) is 0 Å². The van der Waals surface area contributed by atoms with Crippen molar-refractivity contribution in [1.29, 1.82) is 0 Å². The smallest absolute Gasteiger partial charge is 0.325 e. The van der Waals surface area contributed by atoms with Crippen LogP contribution in [0.15, 0.2) is 24.3 Å². The van der Waals surface area contributed by atoms with Gasteiger partial charge in [0, 0.05) is 12.5 Å². The molecule has 1 aliphatic heterocycles. The number of halogens is 1. The van der Waals surface area contributed by atoms with Crippen LogP contribution in [-0.2, 0) is 25.4 Å². The Morgan fingerprint density at radius 2 is 1.96 bits per heavy atom. The quantitative estimate of drug-likeness (QED) is 0.593. The van der Waals surface area contributed by atoms with E-state index in [-0.39, 0.29) is 24.4 Å². The zero-order valence-electron chi connectivity index (χ0n) is 15.7. The van der Waals surface area contributed by atoms with Gasteiger partial charge in [0.1, 0.15) is 18.0 Å². The van der Waals surface area contributed by atoms with Crippen LogP contribution in [0.25, 0.3) is 0 Å². The molecule has 0 bridgehead atoms. The first-order valence-electron chi connectivity index (χ1n) is 9.41. The van der Waals surface area contributed by atoms with Gasteiger partial charge in [-0.2, -0.15) is 0 Å². The van der Waals surface area contributed by atoms with E-state index in [0.29, 0.717) is 19.6 Å². The molecule has 0 spiro atoms. The third-order valence-corrected chi connectivity index (χ3v) is 4.63. The third kappa shape index (κ3) is 6.34. The fourth-order valence-corrected chi connectivity index (χ4v) is 3.17. The lowest BCUT2D eigenvalue weighted by molar-refractivity contribution is -0.159. The molecule has 1 aromatic rings. The van der Waals surface area contributed by atoms with Crippen molar-refractivity contribution >= 4 is 5.97 Å². The van der Waals surface area contributed by atoms with Crippen LogP contribution in [-0.4, -0.2) is 44.0 Å². The summed E-state index contributed by atoms with van der Waals surface area (Å²) >= 11 is 0. The number of nitrogens with two attached hydrogens (primary N) is 1. The number of ether oxygens (including phenoxy) is 3. The van der Waals surface area contributed by atoms with Crippen molar-refractivity contribution in [1.82, 2.24) is 0 Å². The van der Waals surface area contributed by atoms with Crippen molar-refractivity contribution < 1.29 is 23.4 Å². The van der Waals surface area contributed by atoms with Gasteiger partial charge < -0.3 is 19.9 Å². The van der Waals surface area contributed by atoms with Gasteiger partial charge in [-0.05, 0) is 37.5 Å². The van der Waals surface area contributed by atoms with E-state index in [1.807, 2.05) is 6.92 Å². The van der Waals surface area contributed by atoms with Crippen molar-refractivity contribution in [3.63, 3.8) is 0 Å². The molecule has 5 nitrogen and oxygen atoms in total. The van der Waals surface area contributed by atoms with Crippen molar-refractivity contribution in [2.24, 2.45) is 11.7 Å². The van der Waals surface area contributed by atoms with Crippen molar-refractivity contribution in [2.45, 2.75) is 57.8 Å². The highest BCUT2D eigenvalue weighted by molar-refractivity contribution is 5.75. The number of hydrogen-bond acceptors (Lipinski definition) is 5. The summed E-state index contributed by atoms with van der Waals surface area (Å²) in [6.07, 6.45) is 3.07. The van der Waals surface area contributed by atoms with Gasteiger partial charge >= 0.3 is 5.97 Å². The van der Waals surface area contributed by atoms with Gasteiger partial charge in [0.15, 0.2) is 0 Å². The minimum atomic E-state index is -0.789. The molecule has 1 heterocycles. The summed E-state index contributed by atoms with van der Waals surface area (Å²) in [4.78, 5) is 12.0. The average Bonchev–Trinajstić information content (AvgIpc) is 2.66. The number of hydrogen-bond donors (Lipinski definition) is 1. The molecule has 2 N–H and O–H groups in total. The summed E-state index contributed by atoms with van der Waals surface area (Å²) in [7, 11) is 0. The number of unbranched alkanes of at least 4 members (excludes halogenated alkanes) is 2. The monoisotopic (exact) mass is 367 g/mol. The topological polar surface area (TPSA) is 70.8 Å². The van der Waals surface area contributed by atoms with Gasteiger partial charge in [0.05, 0.1) is 19.3 Å². The molecule has 1 aliphatic rings. The summed E-state index contributed by atoms with van der Waals surface area (Å²) in [5, 5.41) is 0. The highest BCUT2D eigenvalue weighted by Crippen LogP contribution is 2.23. The Morgan fingerprint density at radius 3 is 2.65 bits per heavy atom. The fraction of sp³-hybridized carbons (Fsp3) is 0.650. The van der Waals surface area contributed by atoms with Gasteiger partial charge in [0.25, 0.3) is 0 Å². The van der Waals surface area contributed by atoms with Crippen LogP contribution in [0.5, 0.6) is 0 Å². The van der Waals surface area contributed by atoms with E-state index in [2.05, 4.69) is 6.92 Å². The summed E-state index contributed by atoms with van der Waals surface area (Å²) in [6, 6.07) is 5.63. The second-order valence-electron chi connectivity index (χ2n) is 6.92. The number of carbonyl (C=O) groups excluding carboxylic acids is 1. The number of benzene rings is 1. The molecule has 0 saturated carbocycles. The molecule has 1 fully saturated rings. The lowest BCUT2D eigenvalue weighted by atomic mass is 9.91. The average molecular weight is 367 g/mol. The second kappa shape index (κ2) is 10.6. The Kier molecular flexibility index (Phi) is 8.48. The number of rotatable bonds is 7. The lowest BCUT2D eigenvalue weighted by Gasteiger charge is -2.31. The number of esters is 1. The number of carbonyl (C=O) groups is 1. The van der Waals surface area contributed by atoms with E-state index in [9.17, 15) is 9.18 Å². The molecule has 146 valence electrons. The SMILES string of the molecule is CCCCCO[C@@H]1[C@@H](Cc2ccc(F)cc2)COC[C@H](N)C(=O)O[C@H]1C. The van der Waals surface area contributed by atoms with E-state index in [0.717, 1.165) is 24.8 Å². The Balaban J connectivity index is 2.13. The zero-order valence-corrected chi connectivity index (χ0v) is 15.7. The van der Waals surface area contributed by atoms with Crippen molar-refractivity contribution in [3.05, 3.63) is 35.6 Å². The number of cyclic esters (lactones) is 1. The molecule has 0 unspecified atom stereocenters. The molecule has 26 heavy (non-hydrogen) atoms.